The van der Waals surface area contributed by atoms with E-state index < -0.39 is 0 Å². The molecular weight excluding hydrogens is 358 g/mol. The molecule has 2 heterocycles. The first-order valence-electron chi connectivity index (χ1n) is 9.28. The second kappa shape index (κ2) is 6.93. The summed E-state index contributed by atoms with van der Waals surface area (Å²) >= 11 is 1.63. The summed E-state index contributed by atoms with van der Waals surface area (Å²) in [7, 11) is 0. The minimum Gasteiger partial charge on any atom is -0.325 e. The van der Waals surface area contributed by atoms with E-state index in [0.29, 0.717) is 11.3 Å². The van der Waals surface area contributed by atoms with Crippen LogP contribution in [0.4, 0.5) is 5.69 Å². The van der Waals surface area contributed by atoms with Gasteiger partial charge in [0.25, 0.3) is 5.56 Å². The van der Waals surface area contributed by atoms with Crippen molar-refractivity contribution in [2.45, 2.75) is 46.6 Å². The van der Waals surface area contributed by atoms with Crippen LogP contribution in [0.2, 0.25) is 0 Å². The first-order valence-corrected chi connectivity index (χ1v) is 10.1. The van der Waals surface area contributed by atoms with Gasteiger partial charge in [-0.15, -0.1) is 11.3 Å². The molecule has 2 aromatic heterocycles. The summed E-state index contributed by atoms with van der Waals surface area (Å²) in [4.78, 5) is 32.0. The zero-order valence-electron chi connectivity index (χ0n) is 15.8. The topological polar surface area (TPSA) is 64.0 Å². The largest absolute Gasteiger partial charge is 0.325 e. The van der Waals surface area contributed by atoms with Crippen molar-refractivity contribution >= 4 is 33.1 Å². The Hall–Kier alpha value is -2.47. The molecule has 5 nitrogen and oxygen atoms in total. The van der Waals surface area contributed by atoms with Crippen LogP contribution in [-0.4, -0.2) is 15.5 Å². The van der Waals surface area contributed by atoms with E-state index in [0.717, 1.165) is 46.5 Å². The van der Waals surface area contributed by atoms with Gasteiger partial charge in [0.15, 0.2) is 0 Å². The molecule has 1 amide bonds. The minimum atomic E-state index is -0.221. The van der Waals surface area contributed by atoms with Gasteiger partial charge in [-0.2, -0.15) is 0 Å². The van der Waals surface area contributed by atoms with Gasteiger partial charge in [0.05, 0.1) is 11.7 Å². The Balaban J connectivity index is 1.61. The van der Waals surface area contributed by atoms with Crippen molar-refractivity contribution in [2.24, 2.45) is 5.92 Å². The maximum atomic E-state index is 13.0. The highest BCUT2D eigenvalue weighted by Gasteiger charge is 2.23. The van der Waals surface area contributed by atoms with E-state index in [9.17, 15) is 9.59 Å². The van der Waals surface area contributed by atoms with E-state index in [1.807, 2.05) is 26.0 Å². The lowest BCUT2D eigenvalue weighted by molar-refractivity contribution is -0.116. The molecule has 1 aliphatic rings. The number of hydrogen-bond donors (Lipinski definition) is 1. The summed E-state index contributed by atoms with van der Waals surface area (Å²) in [6, 6.07) is 5.90. The normalized spacial score (nSPS) is 16.3. The van der Waals surface area contributed by atoms with E-state index in [-0.39, 0.29) is 18.0 Å². The van der Waals surface area contributed by atoms with Crippen molar-refractivity contribution in [3.8, 4) is 0 Å². The lowest BCUT2D eigenvalue weighted by Crippen LogP contribution is -2.28. The van der Waals surface area contributed by atoms with Crippen molar-refractivity contribution < 1.29 is 4.79 Å². The highest BCUT2D eigenvalue weighted by atomic mass is 32.1. The zero-order valence-corrected chi connectivity index (χ0v) is 16.7. The average Bonchev–Trinajstić information content (AvgIpc) is 2.94. The van der Waals surface area contributed by atoms with Gasteiger partial charge in [0, 0.05) is 10.6 Å². The van der Waals surface area contributed by atoms with Gasteiger partial charge in [0.1, 0.15) is 11.4 Å². The number of thiophene rings is 1. The quantitative estimate of drug-likeness (QED) is 0.750. The number of anilines is 1. The molecule has 0 radical (unpaired) electrons. The smallest absolute Gasteiger partial charge is 0.262 e. The third-order valence-electron chi connectivity index (χ3n) is 5.10. The fourth-order valence-corrected chi connectivity index (χ4v) is 5.22. The second-order valence-corrected chi connectivity index (χ2v) is 8.72. The fourth-order valence-electron chi connectivity index (χ4n) is 3.88. The van der Waals surface area contributed by atoms with Crippen LogP contribution < -0.4 is 10.9 Å². The van der Waals surface area contributed by atoms with Gasteiger partial charge in [-0.05, 0) is 67.9 Å². The number of aromatic nitrogens is 2. The van der Waals surface area contributed by atoms with Crippen molar-refractivity contribution in [1.82, 2.24) is 9.55 Å². The molecule has 140 valence electrons. The molecule has 4 rings (SSSR count). The molecule has 0 aliphatic heterocycles. The van der Waals surface area contributed by atoms with Crippen LogP contribution in [0.15, 0.2) is 29.3 Å². The number of amides is 1. The number of fused-ring (bicyclic) bond motifs is 3. The number of hydrogen-bond acceptors (Lipinski definition) is 4. The third-order valence-corrected chi connectivity index (χ3v) is 6.26. The van der Waals surface area contributed by atoms with Crippen LogP contribution >= 0.6 is 11.3 Å². The van der Waals surface area contributed by atoms with Gasteiger partial charge < -0.3 is 5.32 Å². The summed E-state index contributed by atoms with van der Waals surface area (Å²) < 4.78 is 1.42. The van der Waals surface area contributed by atoms with Crippen LogP contribution in [-0.2, 0) is 24.2 Å². The number of nitrogens with zero attached hydrogens (tertiary/aromatic N) is 2. The summed E-state index contributed by atoms with van der Waals surface area (Å²) in [6.45, 7) is 6.20. The van der Waals surface area contributed by atoms with Gasteiger partial charge in [-0.1, -0.05) is 13.0 Å². The molecule has 27 heavy (non-hydrogen) atoms. The Bertz CT molecular complexity index is 1080. The third kappa shape index (κ3) is 3.54. The number of rotatable bonds is 3. The lowest BCUT2D eigenvalue weighted by atomic mass is 9.89. The molecule has 3 aromatic rings. The maximum absolute atomic E-state index is 13.0. The van der Waals surface area contributed by atoms with Crippen LogP contribution in [0.3, 0.4) is 0 Å². The summed E-state index contributed by atoms with van der Waals surface area (Å²) in [5.41, 5.74) is 3.97. The summed E-state index contributed by atoms with van der Waals surface area (Å²) in [5.74, 6) is 0.428. The molecule has 0 unspecified atom stereocenters. The van der Waals surface area contributed by atoms with Gasteiger partial charge >= 0.3 is 0 Å². The second-order valence-electron chi connectivity index (χ2n) is 7.63. The lowest BCUT2D eigenvalue weighted by Gasteiger charge is -2.17. The maximum Gasteiger partial charge on any atom is 0.262 e. The molecule has 0 bridgehead atoms. The molecule has 6 heteroatoms. The van der Waals surface area contributed by atoms with Crippen molar-refractivity contribution in [3.05, 3.63) is 56.4 Å². The predicted octanol–water partition coefficient (Wildman–Crippen LogP) is 3.84. The number of nitrogens with one attached hydrogen (secondary N) is 1. The zero-order chi connectivity index (χ0) is 19.1. The van der Waals surface area contributed by atoms with Crippen molar-refractivity contribution in [2.75, 3.05) is 5.32 Å². The molecule has 0 spiro atoms. The Morgan fingerprint density at radius 3 is 2.78 bits per heavy atom. The number of carbonyl (C=O) groups is 1. The Morgan fingerprint density at radius 1 is 1.30 bits per heavy atom. The summed E-state index contributed by atoms with van der Waals surface area (Å²) in [5, 5.41) is 3.60. The van der Waals surface area contributed by atoms with E-state index in [2.05, 4.69) is 23.3 Å². The predicted molar refractivity (Wildman–Crippen MR) is 110 cm³/mol. The molecule has 1 atom stereocenters. The van der Waals surface area contributed by atoms with E-state index in [1.165, 1.54) is 15.8 Å². The molecular formula is C21H23N3O2S. The van der Waals surface area contributed by atoms with E-state index in [4.69, 9.17) is 0 Å². The standard InChI is InChI=1S/C21H23N3O2S/c1-12-4-5-16-17(9-12)27-20-19(16)21(26)24(11-22-20)10-18(25)23-15-7-13(2)6-14(3)8-15/h6-8,11-12H,4-5,9-10H2,1-3H3,(H,23,25)/t12-/m1/s1. The molecule has 1 aliphatic carbocycles. The monoisotopic (exact) mass is 381 g/mol. The van der Waals surface area contributed by atoms with Gasteiger partial charge in [0.2, 0.25) is 5.91 Å². The first kappa shape index (κ1) is 17.9. The fraction of sp³-hybridized carbons (Fsp3) is 0.381. The SMILES string of the molecule is Cc1cc(C)cc(NC(=O)Cn2cnc3sc4c(c3c2=O)CC[C@@H](C)C4)c1. The molecule has 1 aromatic carbocycles. The van der Waals surface area contributed by atoms with E-state index in [1.54, 1.807) is 11.3 Å². The Morgan fingerprint density at radius 2 is 2.04 bits per heavy atom. The highest BCUT2D eigenvalue weighted by Crippen LogP contribution is 2.35. The molecule has 1 N–H and O–H groups in total. The van der Waals surface area contributed by atoms with Crippen molar-refractivity contribution in [1.29, 1.82) is 0 Å². The van der Waals surface area contributed by atoms with Crippen LogP contribution in [0, 0.1) is 19.8 Å². The van der Waals surface area contributed by atoms with Gasteiger partial charge in [-0.3, -0.25) is 14.2 Å². The van der Waals surface area contributed by atoms with Crippen molar-refractivity contribution in [3.63, 3.8) is 0 Å². The van der Waals surface area contributed by atoms with Gasteiger partial charge in [-0.25, -0.2) is 4.98 Å². The molecule has 0 saturated carbocycles. The highest BCUT2D eigenvalue weighted by molar-refractivity contribution is 7.18. The first-order chi connectivity index (χ1) is 12.9. The van der Waals surface area contributed by atoms with Crippen LogP contribution in [0.25, 0.3) is 10.2 Å². The van der Waals surface area contributed by atoms with Crippen LogP contribution in [0.5, 0.6) is 0 Å². The molecule has 0 saturated heterocycles. The van der Waals surface area contributed by atoms with E-state index >= 15 is 0 Å². The average molecular weight is 382 g/mol. The summed E-state index contributed by atoms with van der Waals surface area (Å²) in [6.07, 6.45) is 4.53. The number of aryl methyl sites for hydroxylation is 3. The number of carbonyl (C=O) groups excluding carboxylic acids is 1. The number of benzene rings is 1. The molecule has 0 fully saturated rings. The Labute approximate surface area is 162 Å². The van der Waals surface area contributed by atoms with Crippen LogP contribution in [0.1, 0.15) is 34.9 Å². The minimum absolute atomic E-state index is 0.0320. The Kier molecular flexibility index (Phi) is 4.60.